The van der Waals surface area contributed by atoms with Crippen LogP contribution in [0, 0.1) is 0 Å². The van der Waals surface area contributed by atoms with Gasteiger partial charge < -0.3 is 14.5 Å². The van der Waals surface area contributed by atoms with E-state index in [9.17, 15) is 18.0 Å². The van der Waals surface area contributed by atoms with Gasteiger partial charge in [0, 0.05) is 18.2 Å². The van der Waals surface area contributed by atoms with Crippen LogP contribution in [-0.4, -0.2) is 49.5 Å². The van der Waals surface area contributed by atoms with E-state index in [0.29, 0.717) is 46.7 Å². The second-order valence-corrected chi connectivity index (χ2v) is 9.45. The molecule has 0 aliphatic carbocycles. The summed E-state index contributed by atoms with van der Waals surface area (Å²) >= 11 is 0. The summed E-state index contributed by atoms with van der Waals surface area (Å²) < 4.78 is 36.9. The third kappa shape index (κ3) is 4.82. The Morgan fingerprint density at radius 2 is 1.87 bits per heavy atom. The van der Waals surface area contributed by atoms with Crippen molar-refractivity contribution in [2.75, 3.05) is 25.7 Å². The SMILES string of the molecule is CCOc1cc(C(CS(C)(=O)=O)n2c(=O)[nH]c3cc(C(=O)CC)ccc32)ccc1OC. The molecule has 3 rings (SSSR count). The minimum absolute atomic E-state index is 0.0419. The molecule has 0 radical (unpaired) electrons. The number of ketones is 1. The number of hydrogen-bond acceptors (Lipinski definition) is 6. The summed E-state index contributed by atoms with van der Waals surface area (Å²) in [6, 6.07) is 9.24. The predicted molar refractivity (Wildman–Crippen MR) is 119 cm³/mol. The van der Waals surface area contributed by atoms with Crippen molar-refractivity contribution in [3.05, 3.63) is 58.0 Å². The first-order valence-corrected chi connectivity index (χ1v) is 12.0. The molecular formula is C22H26N2O6S. The van der Waals surface area contributed by atoms with Crippen molar-refractivity contribution >= 4 is 26.7 Å². The summed E-state index contributed by atoms with van der Waals surface area (Å²) in [6.07, 6.45) is 1.48. The van der Waals surface area contributed by atoms with Crippen molar-refractivity contribution in [1.82, 2.24) is 9.55 Å². The molecule has 1 atom stereocenters. The summed E-state index contributed by atoms with van der Waals surface area (Å²) in [6.45, 7) is 4.00. The average Bonchev–Trinajstić information content (AvgIpc) is 3.05. The summed E-state index contributed by atoms with van der Waals surface area (Å²) in [4.78, 5) is 27.7. The number of nitrogens with zero attached hydrogens (tertiary/aromatic N) is 1. The van der Waals surface area contributed by atoms with E-state index < -0.39 is 21.6 Å². The van der Waals surface area contributed by atoms with Gasteiger partial charge in [0.15, 0.2) is 17.3 Å². The number of benzene rings is 2. The van der Waals surface area contributed by atoms with Gasteiger partial charge in [0.2, 0.25) is 0 Å². The van der Waals surface area contributed by atoms with E-state index >= 15 is 0 Å². The number of aromatic amines is 1. The van der Waals surface area contributed by atoms with E-state index in [-0.39, 0.29) is 11.5 Å². The van der Waals surface area contributed by atoms with Crippen LogP contribution in [0.1, 0.15) is 42.2 Å². The molecule has 1 aromatic heterocycles. The molecule has 0 spiro atoms. The quantitative estimate of drug-likeness (QED) is 0.507. The lowest BCUT2D eigenvalue weighted by atomic mass is 10.1. The van der Waals surface area contributed by atoms with Gasteiger partial charge in [-0.25, -0.2) is 13.2 Å². The van der Waals surface area contributed by atoms with Crippen molar-refractivity contribution in [1.29, 1.82) is 0 Å². The van der Waals surface area contributed by atoms with Gasteiger partial charge in [-0.15, -0.1) is 0 Å². The van der Waals surface area contributed by atoms with E-state index in [4.69, 9.17) is 9.47 Å². The second kappa shape index (κ2) is 8.97. The lowest BCUT2D eigenvalue weighted by Gasteiger charge is -2.20. The number of fused-ring (bicyclic) bond motifs is 1. The van der Waals surface area contributed by atoms with Gasteiger partial charge >= 0.3 is 5.69 Å². The monoisotopic (exact) mass is 446 g/mol. The first-order chi connectivity index (χ1) is 14.7. The molecule has 166 valence electrons. The molecular weight excluding hydrogens is 420 g/mol. The molecule has 0 aliphatic rings. The second-order valence-electron chi connectivity index (χ2n) is 7.26. The van der Waals surface area contributed by atoms with Crippen LogP contribution in [0.2, 0.25) is 0 Å². The predicted octanol–water partition coefficient (Wildman–Crippen LogP) is 2.96. The molecule has 1 heterocycles. The van der Waals surface area contributed by atoms with Crippen molar-refractivity contribution < 1.29 is 22.7 Å². The van der Waals surface area contributed by atoms with E-state index in [1.807, 2.05) is 6.92 Å². The Balaban J connectivity index is 2.21. The van der Waals surface area contributed by atoms with Gasteiger partial charge in [-0.2, -0.15) is 0 Å². The third-order valence-corrected chi connectivity index (χ3v) is 5.93. The zero-order chi connectivity index (χ0) is 22.8. The maximum absolute atomic E-state index is 12.9. The number of H-pyrrole nitrogens is 1. The van der Waals surface area contributed by atoms with Gasteiger partial charge in [-0.05, 0) is 42.8 Å². The minimum atomic E-state index is -3.45. The van der Waals surface area contributed by atoms with Gasteiger partial charge in [0.25, 0.3) is 0 Å². The number of carbonyl (C=O) groups is 1. The van der Waals surface area contributed by atoms with Gasteiger partial charge in [0.05, 0.1) is 36.5 Å². The van der Waals surface area contributed by atoms with Crippen LogP contribution in [0.3, 0.4) is 0 Å². The number of nitrogens with one attached hydrogen (secondary N) is 1. The van der Waals surface area contributed by atoms with Crippen LogP contribution < -0.4 is 15.2 Å². The average molecular weight is 447 g/mol. The number of hydrogen-bond donors (Lipinski definition) is 1. The summed E-state index contributed by atoms with van der Waals surface area (Å²) in [7, 11) is -1.93. The Hall–Kier alpha value is -3.07. The maximum Gasteiger partial charge on any atom is 0.327 e. The topological polar surface area (TPSA) is 107 Å². The smallest absolute Gasteiger partial charge is 0.327 e. The highest BCUT2D eigenvalue weighted by atomic mass is 32.2. The van der Waals surface area contributed by atoms with Crippen LogP contribution in [0.15, 0.2) is 41.2 Å². The van der Waals surface area contributed by atoms with Gasteiger partial charge in [-0.1, -0.05) is 13.0 Å². The lowest BCUT2D eigenvalue weighted by Crippen LogP contribution is -2.28. The zero-order valence-corrected chi connectivity index (χ0v) is 18.8. The molecule has 9 heteroatoms. The van der Waals surface area contributed by atoms with E-state index in [0.717, 1.165) is 6.26 Å². The molecule has 0 aliphatic heterocycles. The standard InChI is InChI=1S/C22H26N2O6S/c1-5-19(25)15-7-9-17-16(11-15)23-22(26)24(17)18(13-31(4,27)28)14-8-10-20(29-3)21(12-14)30-6-2/h7-12,18H,5-6,13H2,1-4H3,(H,23,26). The van der Waals surface area contributed by atoms with Crippen LogP contribution in [-0.2, 0) is 9.84 Å². The van der Waals surface area contributed by atoms with Crippen molar-refractivity contribution in [2.24, 2.45) is 0 Å². The number of methoxy groups -OCH3 is 1. The van der Waals surface area contributed by atoms with E-state index in [2.05, 4.69) is 4.98 Å². The normalized spacial score (nSPS) is 12.6. The third-order valence-electron chi connectivity index (χ3n) is 5.00. The fourth-order valence-corrected chi connectivity index (χ4v) is 4.51. The summed E-state index contributed by atoms with van der Waals surface area (Å²) in [5.74, 6) is 0.648. The molecule has 2 aromatic carbocycles. The van der Waals surface area contributed by atoms with Crippen molar-refractivity contribution in [3.63, 3.8) is 0 Å². The summed E-state index contributed by atoms with van der Waals surface area (Å²) in [5.41, 5.74) is 1.61. The highest BCUT2D eigenvalue weighted by Gasteiger charge is 2.25. The number of ether oxygens (including phenoxy) is 2. The fraction of sp³-hybridized carbons (Fsp3) is 0.364. The number of carbonyl (C=O) groups excluding carboxylic acids is 1. The van der Waals surface area contributed by atoms with E-state index in [1.54, 1.807) is 43.3 Å². The molecule has 0 saturated heterocycles. The Morgan fingerprint density at radius 3 is 2.48 bits per heavy atom. The number of rotatable bonds is 9. The Labute approximate surface area is 180 Å². The Bertz CT molecular complexity index is 1270. The first-order valence-electron chi connectivity index (χ1n) is 9.94. The minimum Gasteiger partial charge on any atom is -0.493 e. The van der Waals surface area contributed by atoms with Crippen molar-refractivity contribution in [2.45, 2.75) is 26.3 Å². The lowest BCUT2D eigenvalue weighted by molar-refractivity contribution is 0.0988. The van der Waals surface area contributed by atoms with Gasteiger partial charge in [0.1, 0.15) is 9.84 Å². The Morgan fingerprint density at radius 1 is 1.13 bits per heavy atom. The molecule has 0 fully saturated rings. The fourth-order valence-electron chi connectivity index (χ4n) is 3.59. The van der Waals surface area contributed by atoms with Crippen LogP contribution in [0.4, 0.5) is 0 Å². The van der Waals surface area contributed by atoms with Crippen LogP contribution >= 0.6 is 0 Å². The molecule has 1 unspecified atom stereocenters. The largest absolute Gasteiger partial charge is 0.493 e. The number of imidazole rings is 1. The molecule has 0 saturated carbocycles. The Kier molecular flexibility index (Phi) is 6.54. The zero-order valence-electron chi connectivity index (χ0n) is 18.0. The van der Waals surface area contributed by atoms with Gasteiger partial charge in [-0.3, -0.25) is 9.36 Å². The van der Waals surface area contributed by atoms with E-state index in [1.165, 1.54) is 11.7 Å². The van der Waals surface area contributed by atoms with Crippen molar-refractivity contribution in [3.8, 4) is 11.5 Å². The molecule has 8 nitrogen and oxygen atoms in total. The maximum atomic E-state index is 12.9. The summed E-state index contributed by atoms with van der Waals surface area (Å²) in [5, 5.41) is 0. The molecule has 3 aromatic rings. The molecule has 0 bridgehead atoms. The highest BCUT2D eigenvalue weighted by molar-refractivity contribution is 7.90. The molecule has 1 N–H and O–H groups in total. The van der Waals surface area contributed by atoms with Crippen LogP contribution in [0.5, 0.6) is 11.5 Å². The molecule has 0 amide bonds. The number of Topliss-reactive ketones (excluding diaryl/α,β-unsaturated/α-hetero) is 1. The first kappa shape index (κ1) is 22.6. The molecule has 31 heavy (non-hydrogen) atoms. The number of aromatic nitrogens is 2. The highest BCUT2D eigenvalue weighted by Crippen LogP contribution is 2.33. The number of sulfone groups is 1. The van der Waals surface area contributed by atoms with Crippen LogP contribution in [0.25, 0.3) is 11.0 Å².